The second-order valence-corrected chi connectivity index (χ2v) is 6.97. The van der Waals surface area contributed by atoms with Gasteiger partial charge in [-0.1, -0.05) is 6.42 Å². The van der Waals surface area contributed by atoms with Crippen LogP contribution in [0, 0.1) is 5.92 Å². The smallest absolute Gasteiger partial charge is 0.244 e. The Morgan fingerprint density at radius 3 is 3.04 bits per heavy atom. The summed E-state index contributed by atoms with van der Waals surface area (Å²) in [5.41, 5.74) is 2.51. The Morgan fingerprint density at radius 2 is 2.25 bits per heavy atom. The van der Waals surface area contributed by atoms with E-state index in [0.717, 1.165) is 35.9 Å². The van der Waals surface area contributed by atoms with Crippen LogP contribution in [0.1, 0.15) is 24.8 Å². The zero-order valence-electron chi connectivity index (χ0n) is 13.7. The van der Waals surface area contributed by atoms with E-state index in [4.69, 9.17) is 4.74 Å². The minimum Gasteiger partial charge on any atom is -0.378 e. The molecule has 128 valence electrons. The first-order valence-corrected chi connectivity index (χ1v) is 8.74. The zero-order chi connectivity index (χ0) is 16.5. The maximum absolute atomic E-state index is 12.7. The molecule has 0 spiro atoms. The fourth-order valence-electron chi connectivity index (χ4n) is 3.64. The van der Waals surface area contributed by atoms with Crippen LogP contribution >= 0.6 is 0 Å². The Bertz CT molecular complexity index is 657. The molecule has 0 radical (unpaired) electrons. The third kappa shape index (κ3) is 3.16. The van der Waals surface area contributed by atoms with Crippen molar-refractivity contribution in [3.05, 3.63) is 23.8 Å². The molecule has 1 saturated carbocycles. The summed E-state index contributed by atoms with van der Waals surface area (Å²) in [4.78, 5) is 26.4. The van der Waals surface area contributed by atoms with Gasteiger partial charge in [-0.25, -0.2) is 0 Å². The van der Waals surface area contributed by atoms with Gasteiger partial charge < -0.3 is 15.4 Å². The molecule has 2 fully saturated rings. The summed E-state index contributed by atoms with van der Waals surface area (Å²) in [7, 11) is 0. The third-order valence-electron chi connectivity index (χ3n) is 5.26. The number of carbonyl (C=O) groups is 2. The summed E-state index contributed by atoms with van der Waals surface area (Å²) in [6.45, 7) is 2.95. The van der Waals surface area contributed by atoms with Gasteiger partial charge in [0.15, 0.2) is 0 Å². The molecule has 2 amide bonds. The van der Waals surface area contributed by atoms with Crippen LogP contribution in [0.3, 0.4) is 0 Å². The van der Waals surface area contributed by atoms with Gasteiger partial charge in [0, 0.05) is 24.5 Å². The van der Waals surface area contributed by atoms with Crippen molar-refractivity contribution in [2.45, 2.75) is 31.7 Å². The fraction of sp³-hybridized carbons (Fsp3) is 0.556. The van der Waals surface area contributed by atoms with Crippen LogP contribution in [-0.4, -0.2) is 49.1 Å². The first-order valence-electron chi connectivity index (χ1n) is 8.74. The first-order chi connectivity index (χ1) is 11.7. The highest BCUT2D eigenvalue weighted by Crippen LogP contribution is 2.29. The summed E-state index contributed by atoms with van der Waals surface area (Å²) in [6.07, 6.45) is 4.24. The number of amides is 2. The Morgan fingerprint density at radius 1 is 1.38 bits per heavy atom. The van der Waals surface area contributed by atoms with E-state index < -0.39 is 0 Å². The standard InChI is InChI=1S/C18H23N3O3/c22-17-9-13-8-14(4-5-15(13)20-17)19-18(23)16-11-24-7-6-21(16)10-12-2-1-3-12/h4-5,8,12,16H,1-3,6-7,9-11H2,(H,19,23)(H,20,22)/t16-/m1/s1. The predicted octanol–water partition coefficient (Wildman–Crippen LogP) is 1.62. The number of hydrogen-bond acceptors (Lipinski definition) is 4. The minimum absolute atomic E-state index is 0.000769. The van der Waals surface area contributed by atoms with Gasteiger partial charge in [-0.2, -0.15) is 0 Å². The molecule has 1 atom stereocenters. The first kappa shape index (κ1) is 15.6. The zero-order valence-corrected chi connectivity index (χ0v) is 13.7. The van der Waals surface area contributed by atoms with E-state index in [9.17, 15) is 9.59 Å². The molecule has 1 aliphatic carbocycles. The van der Waals surface area contributed by atoms with Crippen molar-refractivity contribution in [3.8, 4) is 0 Å². The van der Waals surface area contributed by atoms with Crippen molar-refractivity contribution in [2.75, 3.05) is 36.9 Å². The number of hydrogen-bond donors (Lipinski definition) is 2. The number of anilines is 2. The number of nitrogens with zero attached hydrogens (tertiary/aromatic N) is 1. The number of ether oxygens (including phenoxy) is 1. The second kappa shape index (κ2) is 6.53. The third-order valence-corrected chi connectivity index (χ3v) is 5.26. The molecule has 2 heterocycles. The molecule has 0 aromatic heterocycles. The lowest BCUT2D eigenvalue weighted by atomic mass is 9.84. The van der Waals surface area contributed by atoms with Gasteiger partial charge in [0.05, 0.1) is 19.6 Å². The van der Waals surface area contributed by atoms with Gasteiger partial charge in [-0.15, -0.1) is 0 Å². The largest absolute Gasteiger partial charge is 0.378 e. The van der Waals surface area contributed by atoms with Crippen molar-refractivity contribution in [2.24, 2.45) is 5.92 Å². The second-order valence-electron chi connectivity index (χ2n) is 6.97. The lowest BCUT2D eigenvalue weighted by molar-refractivity contribution is -0.128. The van der Waals surface area contributed by atoms with Crippen molar-refractivity contribution in [3.63, 3.8) is 0 Å². The van der Waals surface area contributed by atoms with E-state index in [1.165, 1.54) is 19.3 Å². The summed E-state index contributed by atoms with van der Waals surface area (Å²) in [5.74, 6) is 0.711. The Labute approximate surface area is 141 Å². The average Bonchev–Trinajstić information content (AvgIpc) is 2.90. The van der Waals surface area contributed by atoms with Crippen LogP contribution in [0.25, 0.3) is 0 Å². The lowest BCUT2D eigenvalue weighted by Gasteiger charge is -2.39. The van der Waals surface area contributed by atoms with Crippen LogP contribution in [0.15, 0.2) is 18.2 Å². The SMILES string of the molecule is O=C1Cc2cc(NC(=O)[C@H]3COCCN3CC3CCC3)ccc2N1. The molecule has 0 unspecified atom stereocenters. The number of carbonyl (C=O) groups excluding carboxylic acids is 2. The molecule has 0 bridgehead atoms. The van der Waals surface area contributed by atoms with Crippen LogP contribution < -0.4 is 10.6 Å². The van der Waals surface area contributed by atoms with Crippen molar-refractivity contribution in [1.82, 2.24) is 4.90 Å². The fourth-order valence-corrected chi connectivity index (χ4v) is 3.64. The maximum Gasteiger partial charge on any atom is 0.244 e. The molecule has 1 aromatic rings. The topological polar surface area (TPSA) is 70.7 Å². The molecule has 6 heteroatoms. The van der Waals surface area contributed by atoms with Crippen LogP contribution in [0.4, 0.5) is 11.4 Å². The van der Waals surface area contributed by atoms with E-state index in [0.29, 0.717) is 19.6 Å². The molecule has 6 nitrogen and oxygen atoms in total. The number of benzene rings is 1. The van der Waals surface area contributed by atoms with E-state index in [-0.39, 0.29) is 17.9 Å². The number of morpholine rings is 1. The molecule has 4 rings (SSSR count). The lowest BCUT2D eigenvalue weighted by Crippen LogP contribution is -2.53. The van der Waals surface area contributed by atoms with Gasteiger partial charge in [-0.3, -0.25) is 14.5 Å². The van der Waals surface area contributed by atoms with Crippen LogP contribution in [0.5, 0.6) is 0 Å². The van der Waals surface area contributed by atoms with Crippen LogP contribution in [-0.2, 0) is 20.7 Å². The molecule has 3 aliphatic rings. The van der Waals surface area contributed by atoms with Crippen LogP contribution in [0.2, 0.25) is 0 Å². The van der Waals surface area contributed by atoms with E-state index in [2.05, 4.69) is 15.5 Å². The summed E-state index contributed by atoms with van der Waals surface area (Å²) in [6, 6.07) is 5.33. The highest BCUT2D eigenvalue weighted by atomic mass is 16.5. The minimum atomic E-state index is -0.229. The normalized spacial score (nSPS) is 24.2. The van der Waals surface area contributed by atoms with Gasteiger partial charge in [-0.05, 0) is 42.5 Å². The highest BCUT2D eigenvalue weighted by molar-refractivity contribution is 6.01. The van der Waals surface area contributed by atoms with Gasteiger partial charge in [0.25, 0.3) is 0 Å². The van der Waals surface area contributed by atoms with Gasteiger partial charge in [0.1, 0.15) is 6.04 Å². The number of nitrogens with one attached hydrogen (secondary N) is 2. The quantitative estimate of drug-likeness (QED) is 0.881. The number of fused-ring (bicyclic) bond motifs is 1. The van der Waals surface area contributed by atoms with E-state index in [1.807, 2.05) is 18.2 Å². The average molecular weight is 329 g/mol. The molecular weight excluding hydrogens is 306 g/mol. The highest BCUT2D eigenvalue weighted by Gasteiger charge is 2.32. The van der Waals surface area contributed by atoms with Gasteiger partial charge >= 0.3 is 0 Å². The van der Waals surface area contributed by atoms with Crippen molar-refractivity contribution in [1.29, 1.82) is 0 Å². The Hall–Kier alpha value is -1.92. The Kier molecular flexibility index (Phi) is 4.24. The molecule has 1 saturated heterocycles. The molecular formula is C18H23N3O3. The predicted molar refractivity (Wildman–Crippen MR) is 90.9 cm³/mol. The molecule has 2 aliphatic heterocycles. The summed E-state index contributed by atoms with van der Waals surface area (Å²) >= 11 is 0. The molecule has 2 N–H and O–H groups in total. The maximum atomic E-state index is 12.7. The monoisotopic (exact) mass is 329 g/mol. The van der Waals surface area contributed by atoms with Crippen molar-refractivity contribution >= 4 is 23.2 Å². The Balaban J connectivity index is 1.42. The molecule has 1 aromatic carbocycles. The summed E-state index contributed by atoms with van der Waals surface area (Å²) < 4.78 is 5.54. The summed E-state index contributed by atoms with van der Waals surface area (Å²) in [5, 5.41) is 5.80. The van der Waals surface area contributed by atoms with Crippen molar-refractivity contribution < 1.29 is 14.3 Å². The number of rotatable bonds is 4. The van der Waals surface area contributed by atoms with Gasteiger partial charge in [0.2, 0.25) is 11.8 Å². The van der Waals surface area contributed by atoms with E-state index >= 15 is 0 Å². The van der Waals surface area contributed by atoms with E-state index in [1.54, 1.807) is 0 Å². The molecule has 24 heavy (non-hydrogen) atoms.